The van der Waals surface area contributed by atoms with Gasteiger partial charge in [-0.1, -0.05) is 11.3 Å². The van der Waals surface area contributed by atoms with Crippen molar-refractivity contribution in [2.75, 3.05) is 13.1 Å². The van der Waals surface area contributed by atoms with E-state index in [2.05, 4.69) is 59.4 Å². The van der Waals surface area contributed by atoms with E-state index in [-0.39, 0.29) is 0 Å². The zero-order chi connectivity index (χ0) is 17.7. The van der Waals surface area contributed by atoms with Crippen LogP contribution in [-0.4, -0.2) is 32.3 Å². The molecule has 1 aliphatic heterocycles. The summed E-state index contributed by atoms with van der Waals surface area (Å²) in [6, 6.07) is 4.49. The molecule has 26 heavy (non-hydrogen) atoms. The summed E-state index contributed by atoms with van der Waals surface area (Å²) >= 11 is 1.77. The van der Waals surface area contributed by atoms with Crippen LogP contribution in [0, 0.1) is 6.92 Å². The van der Waals surface area contributed by atoms with Crippen molar-refractivity contribution in [1.29, 1.82) is 0 Å². The van der Waals surface area contributed by atoms with Crippen LogP contribution < -0.4 is 5.32 Å². The van der Waals surface area contributed by atoms with E-state index in [0.717, 1.165) is 30.1 Å². The van der Waals surface area contributed by atoms with Crippen molar-refractivity contribution in [2.45, 2.75) is 39.2 Å². The Bertz CT molecular complexity index is 1050. The highest BCUT2D eigenvalue weighted by Crippen LogP contribution is 2.34. The van der Waals surface area contributed by atoms with E-state index >= 15 is 0 Å². The fourth-order valence-corrected chi connectivity index (χ4v) is 4.89. The van der Waals surface area contributed by atoms with Gasteiger partial charge in [0, 0.05) is 36.4 Å². The van der Waals surface area contributed by atoms with E-state index < -0.39 is 0 Å². The number of benzene rings is 1. The Kier molecular flexibility index (Phi) is 3.83. The predicted molar refractivity (Wildman–Crippen MR) is 107 cm³/mol. The largest absolute Gasteiger partial charge is 0.317 e. The predicted octanol–water partition coefficient (Wildman–Crippen LogP) is 4.21. The quantitative estimate of drug-likeness (QED) is 0.592. The van der Waals surface area contributed by atoms with Gasteiger partial charge >= 0.3 is 0 Å². The average Bonchev–Trinajstić information content (AvgIpc) is 3.34. The second-order valence-electron chi connectivity index (χ2n) is 7.19. The normalized spacial score (nSPS) is 16.1. The van der Waals surface area contributed by atoms with Crippen molar-refractivity contribution in [2.24, 2.45) is 0 Å². The molecule has 4 heterocycles. The first kappa shape index (κ1) is 16.0. The Morgan fingerprint density at radius 2 is 2.04 bits per heavy atom. The average molecular weight is 366 g/mol. The third kappa shape index (κ3) is 2.64. The number of aryl methyl sites for hydroxylation is 2. The van der Waals surface area contributed by atoms with Crippen molar-refractivity contribution < 1.29 is 0 Å². The lowest BCUT2D eigenvalue weighted by Crippen LogP contribution is -2.26. The van der Waals surface area contributed by atoms with Crippen LogP contribution in [0.15, 0.2) is 30.7 Å². The van der Waals surface area contributed by atoms with Crippen molar-refractivity contribution in [1.82, 2.24) is 24.5 Å². The smallest absolute Gasteiger partial charge is 0.194 e. The molecule has 1 fully saturated rings. The zero-order valence-corrected chi connectivity index (χ0v) is 16.0. The van der Waals surface area contributed by atoms with Crippen molar-refractivity contribution >= 4 is 27.2 Å². The minimum Gasteiger partial charge on any atom is -0.317 e. The Morgan fingerprint density at radius 3 is 2.81 bits per heavy atom. The maximum absolute atomic E-state index is 4.92. The van der Waals surface area contributed by atoms with Crippen LogP contribution in [0.25, 0.3) is 26.3 Å². The van der Waals surface area contributed by atoms with Crippen molar-refractivity contribution in [3.05, 3.63) is 42.0 Å². The number of imidazole rings is 1. The summed E-state index contributed by atoms with van der Waals surface area (Å²) in [5.41, 5.74) is 4.83. The van der Waals surface area contributed by atoms with Gasteiger partial charge in [0.15, 0.2) is 4.96 Å². The fourth-order valence-electron chi connectivity index (χ4n) is 3.93. The first-order valence-corrected chi connectivity index (χ1v) is 10.2. The molecule has 5 nitrogen and oxygen atoms in total. The molecule has 1 saturated heterocycles. The van der Waals surface area contributed by atoms with Gasteiger partial charge in [-0.25, -0.2) is 4.98 Å². The molecule has 1 aliphatic rings. The highest BCUT2D eigenvalue weighted by atomic mass is 32.1. The Morgan fingerprint density at radius 1 is 1.19 bits per heavy atom. The Labute approximate surface area is 156 Å². The van der Waals surface area contributed by atoms with Crippen LogP contribution in [0.3, 0.4) is 0 Å². The van der Waals surface area contributed by atoms with Crippen LogP contribution >= 0.6 is 11.3 Å². The first-order chi connectivity index (χ1) is 12.7. The highest BCUT2D eigenvalue weighted by Gasteiger charge is 2.19. The molecular weight excluding hydrogens is 342 g/mol. The second kappa shape index (κ2) is 6.21. The molecule has 4 aromatic rings. The Hall–Kier alpha value is -2.18. The van der Waals surface area contributed by atoms with Crippen molar-refractivity contribution in [3.8, 4) is 10.4 Å². The van der Waals surface area contributed by atoms with Crippen LogP contribution in [0.2, 0.25) is 0 Å². The molecule has 1 N–H and O–H groups in total. The summed E-state index contributed by atoms with van der Waals surface area (Å²) in [5, 5.41) is 9.30. The lowest BCUT2D eigenvalue weighted by Gasteiger charge is -2.20. The minimum absolute atomic E-state index is 0.602. The van der Waals surface area contributed by atoms with Crippen LogP contribution in [0.1, 0.15) is 36.9 Å². The molecule has 0 saturated carbocycles. The molecule has 0 unspecified atom stereocenters. The lowest BCUT2D eigenvalue weighted by atomic mass is 9.95. The third-order valence-electron chi connectivity index (χ3n) is 5.39. The number of hydrogen-bond acceptors (Lipinski definition) is 4. The molecule has 0 aliphatic carbocycles. The number of piperidine rings is 1. The number of aromatic nitrogens is 4. The molecule has 5 rings (SSSR count). The van der Waals surface area contributed by atoms with E-state index in [1.54, 1.807) is 11.3 Å². The standard InChI is InChI=1S/C20H23N5S/c1-3-25-10-16-9-15(8-13(2)19(16)23-25)18-12-24-11-17(22-20(24)26-18)14-4-6-21-7-5-14/h8-12,14,21H,3-7H2,1-2H3. The highest BCUT2D eigenvalue weighted by molar-refractivity contribution is 7.20. The maximum Gasteiger partial charge on any atom is 0.194 e. The summed E-state index contributed by atoms with van der Waals surface area (Å²) < 4.78 is 4.21. The summed E-state index contributed by atoms with van der Waals surface area (Å²) in [7, 11) is 0. The van der Waals surface area contributed by atoms with Gasteiger partial charge in [0.2, 0.25) is 0 Å². The van der Waals surface area contributed by atoms with E-state index in [9.17, 15) is 0 Å². The first-order valence-electron chi connectivity index (χ1n) is 9.38. The van der Waals surface area contributed by atoms with Gasteiger partial charge in [-0.3, -0.25) is 9.08 Å². The van der Waals surface area contributed by atoms with Crippen LogP contribution in [-0.2, 0) is 6.54 Å². The van der Waals surface area contributed by atoms with Gasteiger partial charge in [0.25, 0.3) is 0 Å². The molecule has 0 amide bonds. The van der Waals surface area contributed by atoms with E-state index in [1.165, 1.54) is 39.9 Å². The molecule has 0 atom stereocenters. The number of rotatable bonds is 3. The van der Waals surface area contributed by atoms with Gasteiger partial charge in [-0.05, 0) is 63.0 Å². The molecule has 134 valence electrons. The molecule has 6 heteroatoms. The Balaban J connectivity index is 1.52. The summed E-state index contributed by atoms with van der Waals surface area (Å²) in [5.74, 6) is 0.602. The second-order valence-corrected chi connectivity index (χ2v) is 8.20. The van der Waals surface area contributed by atoms with Crippen LogP contribution in [0.5, 0.6) is 0 Å². The fraction of sp³-hybridized carbons (Fsp3) is 0.400. The molecule has 0 radical (unpaired) electrons. The summed E-state index contributed by atoms with van der Waals surface area (Å²) in [6.45, 7) is 7.37. The number of fused-ring (bicyclic) bond motifs is 2. The summed E-state index contributed by atoms with van der Waals surface area (Å²) in [4.78, 5) is 7.28. The molecule has 0 bridgehead atoms. The third-order valence-corrected chi connectivity index (χ3v) is 6.43. The number of hydrogen-bond donors (Lipinski definition) is 1. The van der Waals surface area contributed by atoms with Gasteiger partial charge in [0.05, 0.1) is 16.1 Å². The topological polar surface area (TPSA) is 47.1 Å². The molecular formula is C20H23N5S. The lowest BCUT2D eigenvalue weighted by molar-refractivity contribution is 0.454. The molecule has 3 aromatic heterocycles. The van der Waals surface area contributed by atoms with E-state index in [4.69, 9.17) is 4.98 Å². The van der Waals surface area contributed by atoms with E-state index in [1.807, 2.05) is 4.68 Å². The number of nitrogens with zero attached hydrogens (tertiary/aromatic N) is 4. The van der Waals surface area contributed by atoms with Gasteiger partial charge in [-0.15, -0.1) is 0 Å². The van der Waals surface area contributed by atoms with Crippen LogP contribution in [0.4, 0.5) is 0 Å². The molecule has 0 spiro atoms. The van der Waals surface area contributed by atoms with Gasteiger partial charge in [0.1, 0.15) is 0 Å². The van der Waals surface area contributed by atoms with Crippen molar-refractivity contribution in [3.63, 3.8) is 0 Å². The zero-order valence-electron chi connectivity index (χ0n) is 15.2. The minimum atomic E-state index is 0.602. The van der Waals surface area contributed by atoms with E-state index in [0.29, 0.717) is 5.92 Å². The summed E-state index contributed by atoms with van der Waals surface area (Å²) in [6.07, 6.45) is 8.97. The monoisotopic (exact) mass is 365 g/mol. The number of nitrogens with one attached hydrogen (secondary N) is 1. The van der Waals surface area contributed by atoms with Gasteiger partial charge in [-0.2, -0.15) is 5.10 Å². The maximum atomic E-state index is 4.92. The molecule has 1 aromatic carbocycles. The number of thiazole rings is 1. The SMILES string of the molecule is CCn1cc2cc(-c3cn4cc(C5CCNCC5)nc4s3)cc(C)c2n1. The van der Waals surface area contributed by atoms with Gasteiger partial charge < -0.3 is 5.32 Å².